The Bertz CT molecular complexity index is 543. The van der Waals surface area contributed by atoms with Gasteiger partial charge in [0.1, 0.15) is 17.9 Å². The number of rotatable bonds is 8. The molecule has 1 amide bonds. The smallest absolute Gasteiger partial charge is 0.223 e. The van der Waals surface area contributed by atoms with Gasteiger partial charge in [0.15, 0.2) is 0 Å². The molecule has 1 heterocycles. The van der Waals surface area contributed by atoms with E-state index in [1.807, 2.05) is 24.3 Å². The summed E-state index contributed by atoms with van der Waals surface area (Å²) >= 11 is 3.36. The number of hydrogen-bond donors (Lipinski definition) is 2. The molecule has 0 bridgehead atoms. The predicted molar refractivity (Wildman–Crippen MR) is 82.0 cm³/mol. The van der Waals surface area contributed by atoms with Crippen molar-refractivity contribution >= 4 is 21.8 Å². The average molecular weight is 353 g/mol. The Labute approximate surface area is 131 Å². The van der Waals surface area contributed by atoms with E-state index in [1.54, 1.807) is 0 Å². The minimum absolute atomic E-state index is 0.00955. The molecular weight excluding hydrogens is 336 g/mol. The van der Waals surface area contributed by atoms with Crippen molar-refractivity contribution in [2.45, 2.75) is 19.3 Å². The zero-order valence-corrected chi connectivity index (χ0v) is 13.1. The molecule has 0 spiro atoms. The molecule has 0 radical (unpaired) electrons. The van der Waals surface area contributed by atoms with Crippen LogP contribution in [0.2, 0.25) is 0 Å². The highest BCUT2D eigenvalue weighted by molar-refractivity contribution is 9.10. The first-order valence-corrected chi connectivity index (χ1v) is 7.52. The fourth-order valence-electron chi connectivity index (χ4n) is 1.72. The van der Waals surface area contributed by atoms with Crippen molar-refractivity contribution in [2.75, 3.05) is 13.2 Å². The number of H-pyrrole nitrogens is 1. The summed E-state index contributed by atoms with van der Waals surface area (Å²) < 4.78 is 6.49. The molecule has 0 aliphatic carbocycles. The molecule has 21 heavy (non-hydrogen) atoms. The Morgan fingerprint density at radius 1 is 1.33 bits per heavy atom. The van der Waals surface area contributed by atoms with Crippen LogP contribution in [-0.4, -0.2) is 34.2 Å². The van der Waals surface area contributed by atoms with Gasteiger partial charge in [-0.15, -0.1) is 0 Å². The number of carbonyl (C=O) groups excluding carboxylic acids is 1. The van der Waals surface area contributed by atoms with Crippen LogP contribution >= 0.6 is 15.9 Å². The topological polar surface area (TPSA) is 79.9 Å². The number of aromatic amines is 1. The first-order chi connectivity index (χ1) is 10.2. The highest BCUT2D eigenvalue weighted by Crippen LogP contribution is 2.16. The summed E-state index contributed by atoms with van der Waals surface area (Å²) in [7, 11) is 0. The van der Waals surface area contributed by atoms with E-state index in [1.165, 1.54) is 6.33 Å². The molecule has 0 aliphatic rings. The van der Waals surface area contributed by atoms with Crippen LogP contribution in [0.25, 0.3) is 0 Å². The number of amides is 1. The normalized spacial score (nSPS) is 10.3. The van der Waals surface area contributed by atoms with Crippen LogP contribution in [0.15, 0.2) is 35.1 Å². The number of hydrogen-bond acceptors (Lipinski definition) is 4. The van der Waals surface area contributed by atoms with Gasteiger partial charge >= 0.3 is 0 Å². The summed E-state index contributed by atoms with van der Waals surface area (Å²) in [6.07, 6.45) is 3.43. The third-order valence-corrected chi connectivity index (χ3v) is 3.32. The van der Waals surface area contributed by atoms with Crippen LogP contribution in [0, 0.1) is 0 Å². The van der Waals surface area contributed by atoms with Crippen molar-refractivity contribution in [1.29, 1.82) is 0 Å². The largest absolute Gasteiger partial charge is 0.493 e. The maximum Gasteiger partial charge on any atom is 0.223 e. The van der Waals surface area contributed by atoms with E-state index in [4.69, 9.17) is 4.74 Å². The van der Waals surface area contributed by atoms with Crippen LogP contribution in [0.5, 0.6) is 5.75 Å². The number of carbonyl (C=O) groups is 1. The van der Waals surface area contributed by atoms with E-state index < -0.39 is 0 Å². The number of ether oxygens (including phenoxy) is 1. The molecule has 112 valence electrons. The molecule has 0 fully saturated rings. The summed E-state index contributed by atoms with van der Waals surface area (Å²) in [5.74, 6) is 1.59. The third kappa shape index (κ3) is 5.95. The first kappa shape index (κ1) is 15.5. The molecule has 0 aliphatic heterocycles. The van der Waals surface area contributed by atoms with Crippen molar-refractivity contribution in [3.05, 3.63) is 40.9 Å². The molecule has 7 heteroatoms. The first-order valence-electron chi connectivity index (χ1n) is 6.73. The molecule has 6 nitrogen and oxygen atoms in total. The molecule has 2 N–H and O–H groups in total. The number of halogens is 1. The van der Waals surface area contributed by atoms with Gasteiger partial charge < -0.3 is 10.1 Å². The quantitative estimate of drug-likeness (QED) is 0.712. The van der Waals surface area contributed by atoms with Gasteiger partial charge in [0.2, 0.25) is 5.91 Å². The van der Waals surface area contributed by atoms with Gasteiger partial charge in [0.25, 0.3) is 0 Å². The summed E-state index contributed by atoms with van der Waals surface area (Å²) in [6, 6.07) is 7.52. The molecule has 0 saturated heterocycles. The van der Waals surface area contributed by atoms with Gasteiger partial charge in [-0.1, -0.05) is 15.9 Å². The lowest BCUT2D eigenvalue weighted by Gasteiger charge is -2.07. The fourth-order valence-corrected chi connectivity index (χ4v) is 1.98. The summed E-state index contributed by atoms with van der Waals surface area (Å²) in [5, 5.41) is 9.40. The van der Waals surface area contributed by atoms with Crippen molar-refractivity contribution in [3.63, 3.8) is 0 Å². The highest BCUT2D eigenvalue weighted by Gasteiger charge is 2.02. The third-order valence-electron chi connectivity index (χ3n) is 2.79. The van der Waals surface area contributed by atoms with Crippen LogP contribution in [-0.2, 0) is 11.2 Å². The van der Waals surface area contributed by atoms with Crippen molar-refractivity contribution in [3.8, 4) is 5.75 Å². The Morgan fingerprint density at radius 3 is 2.86 bits per heavy atom. The summed E-state index contributed by atoms with van der Waals surface area (Å²) in [5.41, 5.74) is 0. The maximum absolute atomic E-state index is 11.6. The summed E-state index contributed by atoms with van der Waals surface area (Å²) in [6.45, 7) is 0.993. The van der Waals surface area contributed by atoms with E-state index >= 15 is 0 Å². The Hall–Kier alpha value is -1.89. The standard InChI is InChI=1S/C14H17BrN4O2/c15-11-3-5-12(6-4-11)21-9-7-14(20)16-8-1-2-13-17-10-18-19-13/h3-6,10H,1-2,7-9H2,(H,16,20)(H,17,18,19). The van der Waals surface area contributed by atoms with Gasteiger partial charge in [-0.25, -0.2) is 4.98 Å². The van der Waals surface area contributed by atoms with E-state index in [2.05, 4.69) is 36.4 Å². The van der Waals surface area contributed by atoms with E-state index in [9.17, 15) is 4.79 Å². The molecule has 2 rings (SSSR count). The molecule has 2 aromatic rings. The predicted octanol–water partition coefficient (Wildman–Crippen LogP) is 2.09. The average Bonchev–Trinajstić information content (AvgIpc) is 2.99. The number of aromatic nitrogens is 3. The second-order valence-electron chi connectivity index (χ2n) is 4.44. The lowest BCUT2D eigenvalue weighted by Crippen LogP contribution is -2.26. The van der Waals surface area contributed by atoms with Crippen LogP contribution in [0.3, 0.4) is 0 Å². The monoisotopic (exact) mass is 352 g/mol. The number of aryl methyl sites for hydroxylation is 1. The Kier molecular flexibility index (Phi) is 6.21. The molecule has 1 aromatic heterocycles. The lowest BCUT2D eigenvalue weighted by atomic mass is 10.3. The molecule has 0 atom stereocenters. The van der Waals surface area contributed by atoms with Gasteiger partial charge in [0, 0.05) is 17.4 Å². The van der Waals surface area contributed by atoms with Gasteiger partial charge in [0.05, 0.1) is 13.0 Å². The molecule has 1 aromatic carbocycles. The number of benzene rings is 1. The zero-order valence-electron chi connectivity index (χ0n) is 11.5. The maximum atomic E-state index is 11.6. The number of nitrogens with zero attached hydrogens (tertiary/aromatic N) is 2. The second kappa shape index (κ2) is 8.41. The van der Waals surface area contributed by atoms with Crippen molar-refractivity contribution in [1.82, 2.24) is 20.5 Å². The van der Waals surface area contributed by atoms with Crippen LogP contribution in [0.1, 0.15) is 18.7 Å². The highest BCUT2D eigenvalue weighted by atomic mass is 79.9. The van der Waals surface area contributed by atoms with Gasteiger partial charge in [-0.2, -0.15) is 5.10 Å². The molecule has 0 saturated carbocycles. The van der Waals surface area contributed by atoms with Gasteiger partial charge in [-0.05, 0) is 30.7 Å². The SMILES string of the molecule is O=C(CCOc1ccc(Br)cc1)NCCCc1ncn[nH]1. The van der Waals surface area contributed by atoms with E-state index in [0.717, 1.165) is 28.9 Å². The van der Waals surface area contributed by atoms with Gasteiger partial charge in [-0.3, -0.25) is 9.89 Å². The Morgan fingerprint density at radius 2 is 2.14 bits per heavy atom. The van der Waals surface area contributed by atoms with E-state index in [0.29, 0.717) is 19.6 Å². The lowest BCUT2D eigenvalue weighted by molar-refractivity contribution is -0.121. The van der Waals surface area contributed by atoms with Crippen LogP contribution < -0.4 is 10.1 Å². The second-order valence-corrected chi connectivity index (χ2v) is 5.35. The van der Waals surface area contributed by atoms with E-state index in [-0.39, 0.29) is 5.91 Å². The zero-order chi connectivity index (χ0) is 14.9. The Balaban J connectivity index is 1.54. The van der Waals surface area contributed by atoms with Crippen LogP contribution in [0.4, 0.5) is 0 Å². The number of nitrogens with one attached hydrogen (secondary N) is 2. The van der Waals surface area contributed by atoms with Crippen molar-refractivity contribution in [2.24, 2.45) is 0 Å². The summed E-state index contributed by atoms with van der Waals surface area (Å²) in [4.78, 5) is 15.6. The van der Waals surface area contributed by atoms with Crippen molar-refractivity contribution < 1.29 is 9.53 Å². The molecule has 0 unspecified atom stereocenters. The molecular formula is C14H17BrN4O2. The minimum atomic E-state index is -0.00955. The fraction of sp³-hybridized carbons (Fsp3) is 0.357. The minimum Gasteiger partial charge on any atom is -0.493 e.